The van der Waals surface area contributed by atoms with Crippen LogP contribution in [0.4, 0.5) is 0 Å². The quantitative estimate of drug-likeness (QED) is 0.450. The third-order valence-electron chi connectivity index (χ3n) is 4.07. The maximum Gasteiger partial charge on any atom is 0.332 e. The van der Waals surface area contributed by atoms with Crippen molar-refractivity contribution in [2.75, 3.05) is 0 Å². The zero-order valence-electron chi connectivity index (χ0n) is 14.1. The van der Waals surface area contributed by atoms with Crippen LogP contribution in [0, 0.1) is 6.92 Å². The largest absolute Gasteiger partial charge is 0.480 e. The minimum atomic E-state index is -2.13. The second kappa shape index (κ2) is 7.65. The Labute approximate surface area is 150 Å². The number of carboxylic acids is 2. The molecular formula is C20H18O6. The number of benzene rings is 2. The van der Waals surface area contributed by atoms with E-state index in [0.717, 1.165) is 5.56 Å². The summed E-state index contributed by atoms with van der Waals surface area (Å²) in [7, 11) is 0. The maximum absolute atomic E-state index is 12.4. The zero-order valence-corrected chi connectivity index (χ0v) is 14.1. The summed E-state index contributed by atoms with van der Waals surface area (Å²) in [6, 6.07) is 14.3. The molecule has 6 heteroatoms. The van der Waals surface area contributed by atoms with Crippen LogP contribution in [0.25, 0.3) is 0 Å². The van der Waals surface area contributed by atoms with Crippen molar-refractivity contribution in [3.63, 3.8) is 0 Å². The van der Waals surface area contributed by atoms with E-state index in [-0.39, 0.29) is 11.3 Å². The van der Waals surface area contributed by atoms with Crippen molar-refractivity contribution >= 4 is 17.9 Å². The highest BCUT2D eigenvalue weighted by Crippen LogP contribution is 2.36. The van der Waals surface area contributed by atoms with E-state index in [4.69, 9.17) is 4.74 Å². The van der Waals surface area contributed by atoms with Crippen LogP contribution < -0.4 is 4.74 Å². The summed E-state index contributed by atoms with van der Waals surface area (Å²) in [5, 5.41) is 19.2. The number of ether oxygens (including phenoxy) is 1. The van der Waals surface area contributed by atoms with Crippen LogP contribution in [0.1, 0.15) is 17.5 Å². The van der Waals surface area contributed by atoms with Crippen LogP contribution in [0.5, 0.6) is 5.75 Å². The fourth-order valence-electron chi connectivity index (χ4n) is 2.61. The molecule has 1 unspecified atom stereocenters. The second-order valence-electron chi connectivity index (χ2n) is 5.82. The Bertz CT molecular complexity index is 838. The first-order valence-electron chi connectivity index (χ1n) is 7.76. The molecule has 134 valence electrons. The van der Waals surface area contributed by atoms with Crippen LogP contribution in [0.3, 0.4) is 0 Å². The summed E-state index contributed by atoms with van der Waals surface area (Å²) in [6.45, 7) is 5.28. The molecule has 0 aliphatic heterocycles. The number of aryl methyl sites for hydroxylation is 1. The lowest BCUT2D eigenvalue weighted by Crippen LogP contribution is -2.43. The van der Waals surface area contributed by atoms with Crippen LogP contribution in [0.2, 0.25) is 0 Å². The number of carbonyl (C=O) groups excluding carboxylic acids is 1. The van der Waals surface area contributed by atoms with Crippen molar-refractivity contribution in [1.82, 2.24) is 0 Å². The number of aliphatic carboxylic acids is 2. The molecule has 0 saturated carbocycles. The van der Waals surface area contributed by atoms with E-state index in [9.17, 15) is 24.6 Å². The molecule has 0 amide bonds. The van der Waals surface area contributed by atoms with Crippen LogP contribution in [-0.4, -0.2) is 28.1 Å². The predicted molar refractivity (Wildman–Crippen MR) is 94.0 cm³/mol. The molecule has 2 aromatic rings. The monoisotopic (exact) mass is 354 g/mol. The Balaban J connectivity index is 2.42. The second-order valence-corrected chi connectivity index (χ2v) is 5.82. The summed E-state index contributed by atoms with van der Waals surface area (Å²) in [4.78, 5) is 36.0. The molecule has 0 aliphatic carbocycles. The average Bonchev–Trinajstić information content (AvgIpc) is 2.61. The van der Waals surface area contributed by atoms with Gasteiger partial charge < -0.3 is 14.9 Å². The van der Waals surface area contributed by atoms with Gasteiger partial charge in [-0.15, -0.1) is 0 Å². The normalized spacial score (nSPS) is 12.7. The van der Waals surface area contributed by atoms with E-state index in [1.807, 2.05) is 6.92 Å². The summed E-state index contributed by atoms with van der Waals surface area (Å²) < 4.78 is 5.19. The molecule has 0 spiro atoms. The summed E-state index contributed by atoms with van der Waals surface area (Å²) >= 11 is 0. The van der Waals surface area contributed by atoms with Gasteiger partial charge in [-0.3, -0.25) is 9.59 Å². The van der Waals surface area contributed by atoms with Gasteiger partial charge in [-0.2, -0.15) is 0 Å². The fourth-order valence-corrected chi connectivity index (χ4v) is 2.61. The number of esters is 1. The van der Waals surface area contributed by atoms with Gasteiger partial charge in [0.2, 0.25) is 0 Å². The highest BCUT2D eigenvalue weighted by Gasteiger charge is 2.48. The van der Waals surface area contributed by atoms with Crippen LogP contribution in [0.15, 0.2) is 66.7 Å². The van der Waals surface area contributed by atoms with Gasteiger partial charge in [0.05, 0.1) is 12.0 Å². The lowest BCUT2D eigenvalue weighted by atomic mass is 9.72. The molecule has 0 aromatic heterocycles. The van der Waals surface area contributed by atoms with Gasteiger partial charge in [-0.1, -0.05) is 54.6 Å². The average molecular weight is 354 g/mol. The predicted octanol–water partition coefficient (Wildman–Crippen LogP) is 2.95. The minimum Gasteiger partial charge on any atom is -0.480 e. The first kappa shape index (κ1) is 18.9. The van der Waals surface area contributed by atoms with Gasteiger partial charge >= 0.3 is 17.9 Å². The highest BCUT2D eigenvalue weighted by atomic mass is 16.5. The minimum absolute atomic E-state index is 0.140. The molecule has 0 radical (unpaired) electrons. The SMILES string of the molecule is C=C(C(=O)O)C(CC(=O)Oc1ccc(C)cc1)(C(=O)O)c1ccccc1. The molecular weight excluding hydrogens is 336 g/mol. The van der Waals surface area contributed by atoms with Gasteiger partial charge in [0.1, 0.15) is 11.2 Å². The third kappa shape index (κ3) is 3.80. The molecule has 0 bridgehead atoms. The first-order chi connectivity index (χ1) is 12.3. The Morgan fingerprint density at radius 2 is 1.58 bits per heavy atom. The van der Waals surface area contributed by atoms with Gasteiger partial charge in [0.25, 0.3) is 0 Å². The van der Waals surface area contributed by atoms with E-state index in [0.29, 0.717) is 0 Å². The summed E-state index contributed by atoms with van der Waals surface area (Å²) in [5.74, 6) is -3.62. The van der Waals surface area contributed by atoms with E-state index in [1.165, 1.54) is 12.1 Å². The van der Waals surface area contributed by atoms with Crippen molar-refractivity contribution in [2.24, 2.45) is 0 Å². The van der Waals surface area contributed by atoms with Crippen molar-refractivity contribution in [1.29, 1.82) is 0 Å². The fraction of sp³-hybridized carbons (Fsp3) is 0.150. The summed E-state index contributed by atoms with van der Waals surface area (Å²) in [5.41, 5.74) is -1.64. The number of hydrogen-bond donors (Lipinski definition) is 2. The van der Waals surface area contributed by atoms with Crippen molar-refractivity contribution < 1.29 is 29.3 Å². The molecule has 1 atom stereocenters. The number of hydrogen-bond acceptors (Lipinski definition) is 4. The molecule has 2 aromatic carbocycles. The zero-order chi connectivity index (χ0) is 19.3. The van der Waals surface area contributed by atoms with E-state index >= 15 is 0 Å². The van der Waals surface area contributed by atoms with Crippen molar-refractivity contribution in [3.05, 3.63) is 77.9 Å². The Morgan fingerprint density at radius 1 is 1.00 bits per heavy atom. The molecule has 0 heterocycles. The molecule has 0 fully saturated rings. The Morgan fingerprint density at radius 3 is 2.08 bits per heavy atom. The van der Waals surface area contributed by atoms with E-state index in [1.54, 1.807) is 42.5 Å². The van der Waals surface area contributed by atoms with Gasteiger partial charge in [-0.05, 0) is 24.6 Å². The van der Waals surface area contributed by atoms with Crippen molar-refractivity contribution in [3.8, 4) is 5.75 Å². The number of carboxylic acid groups (broad SMARTS) is 2. The Hall–Kier alpha value is -3.41. The molecule has 2 N–H and O–H groups in total. The van der Waals surface area contributed by atoms with E-state index in [2.05, 4.69) is 6.58 Å². The lowest BCUT2D eigenvalue weighted by molar-refractivity contribution is -0.149. The molecule has 2 rings (SSSR count). The molecule has 26 heavy (non-hydrogen) atoms. The molecule has 0 saturated heterocycles. The van der Waals surface area contributed by atoms with Gasteiger partial charge in [0, 0.05) is 0 Å². The standard InChI is InChI=1S/C20H18O6/c1-13-8-10-16(11-9-13)26-17(21)12-20(19(24)25,14(2)18(22)23)15-6-4-3-5-7-15/h3-11H,2,12H2,1H3,(H,22,23)(H,24,25). The molecule has 6 nitrogen and oxygen atoms in total. The summed E-state index contributed by atoms with van der Waals surface area (Å²) in [6.07, 6.45) is -0.703. The van der Waals surface area contributed by atoms with E-state index < -0.39 is 35.3 Å². The maximum atomic E-state index is 12.4. The van der Waals surface area contributed by atoms with Crippen LogP contribution >= 0.6 is 0 Å². The smallest absolute Gasteiger partial charge is 0.332 e. The third-order valence-corrected chi connectivity index (χ3v) is 4.07. The lowest BCUT2D eigenvalue weighted by Gasteiger charge is -2.29. The number of carbonyl (C=O) groups is 3. The van der Waals surface area contributed by atoms with Gasteiger partial charge in [-0.25, -0.2) is 4.79 Å². The molecule has 0 aliphatic rings. The highest BCUT2D eigenvalue weighted by molar-refractivity contribution is 6.02. The number of rotatable bonds is 7. The van der Waals surface area contributed by atoms with Gasteiger partial charge in [0.15, 0.2) is 0 Å². The van der Waals surface area contributed by atoms with Crippen molar-refractivity contribution in [2.45, 2.75) is 18.8 Å². The van der Waals surface area contributed by atoms with Crippen LogP contribution in [-0.2, 0) is 19.8 Å². The Kier molecular flexibility index (Phi) is 5.57. The topological polar surface area (TPSA) is 101 Å². The first-order valence-corrected chi connectivity index (χ1v) is 7.76.